The number of Topliss-reactive ketones (excluding diaryl/α,β-unsaturated/α-hetero) is 1. The first-order chi connectivity index (χ1) is 11.9. The van der Waals surface area contributed by atoms with E-state index in [1.807, 2.05) is 0 Å². The topological polar surface area (TPSA) is 81.7 Å². The van der Waals surface area contributed by atoms with Crippen LogP contribution in [-0.4, -0.2) is 30.9 Å². The summed E-state index contributed by atoms with van der Waals surface area (Å²) in [6.07, 6.45) is 0. The fourth-order valence-electron chi connectivity index (χ4n) is 1.85. The standard InChI is InChI=1S/C18H16ClNO5/c1-12(21)13-2-6-15(7-3-13)20-17(22)10-25-18(23)11-24-16-8-4-14(19)5-9-16/h2-9H,10-11H2,1H3,(H,20,22). The number of ether oxygens (including phenoxy) is 2. The van der Waals surface area contributed by atoms with Crippen molar-refractivity contribution in [1.29, 1.82) is 0 Å². The van der Waals surface area contributed by atoms with Crippen LogP contribution in [0.1, 0.15) is 17.3 Å². The summed E-state index contributed by atoms with van der Waals surface area (Å²) in [6.45, 7) is 0.707. The molecule has 2 rings (SSSR count). The van der Waals surface area contributed by atoms with E-state index in [1.165, 1.54) is 6.92 Å². The molecule has 0 saturated heterocycles. The van der Waals surface area contributed by atoms with E-state index in [4.69, 9.17) is 21.1 Å². The van der Waals surface area contributed by atoms with Gasteiger partial charge in [-0.15, -0.1) is 0 Å². The summed E-state index contributed by atoms with van der Waals surface area (Å²) in [7, 11) is 0. The van der Waals surface area contributed by atoms with Crippen molar-refractivity contribution in [3.8, 4) is 5.75 Å². The average Bonchev–Trinajstić information content (AvgIpc) is 2.60. The first-order valence-corrected chi connectivity index (χ1v) is 7.76. The van der Waals surface area contributed by atoms with Gasteiger partial charge in [-0.2, -0.15) is 0 Å². The fraction of sp³-hybridized carbons (Fsp3) is 0.167. The van der Waals surface area contributed by atoms with Crippen molar-refractivity contribution in [3.05, 3.63) is 59.1 Å². The Bertz CT molecular complexity index is 756. The van der Waals surface area contributed by atoms with Crippen molar-refractivity contribution in [3.63, 3.8) is 0 Å². The maximum atomic E-state index is 11.7. The lowest BCUT2D eigenvalue weighted by Crippen LogP contribution is -2.23. The third-order valence-electron chi connectivity index (χ3n) is 3.11. The molecule has 0 atom stereocenters. The van der Waals surface area contributed by atoms with Crippen LogP contribution in [0.5, 0.6) is 5.75 Å². The summed E-state index contributed by atoms with van der Waals surface area (Å²) in [6, 6.07) is 12.9. The normalized spacial score (nSPS) is 10.0. The second-order valence-electron chi connectivity index (χ2n) is 5.08. The molecule has 0 fully saturated rings. The zero-order valence-corrected chi connectivity index (χ0v) is 14.2. The summed E-state index contributed by atoms with van der Waals surface area (Å²) in [5.41, 5.74) is 1.05. The van der Waals surface area contributed by atoms with Gasteiger partial charge in [0.25, 0.3) is 5.91 Å². The highest BCUT2D eigenvalue weighted by molar-refractivity contribution is 6.30. The second kappa shape index (κ2) is 8.84. The molecule has 0 aromatic heterocycles. The van der Waals surface area contributed by atoms with Gasteiger partial charge in [0.2, 0.25) is 0 Å². The molecule has 2 aromatic carbocycles. The fourth-order valence-corrected chi connectivity index (χ4v) is 1.97. The van der Waals surface area contributed by atoms with Crippen LogP contribution in [0.25, 0.3) is 0 Å². The van der Waals surface area contributed by atoms with E-state index in [2.05, 4.69) is 5.32 Å². The van der Waals surface area contributed by atoms with Gasteiger partial charge in [-0.1, -0.05) is 11.6 Å². The zero-order chi connectivity index (χ0) is 18.2. The van der Waals surface area contributed by atoms with E-state index in [0.29, 0.717) is 22.0 Å². The number of rotatable bonds is 7. The Morgan fingerprint density at radius 1 is 0.960 bits per heavy atom. The number of hydrogen-bond acceptors (Lipinski definition) is 5. The van der Waals surface area contributed by atoms with Crippen LogP contribution >= 0.6 is 11.6 Å². The Kier molecular flexibility index (Phi) is 6.54. The van der Waals surface area contributed by atoms with Gasteiger partial charge in [-0.25, -0.2) is 4.79 Å². The maximum absolute atomic E-state index is 11.7. The lowest BCUT2D eigenvalue weighted by Gasteiger charge is -2.08. The second-order valence-corrected chi connectivity index (χ2v) is 5.52. The summed E-state index contributed by atoms with van der Waals surface area (Å²) in [4.78, 5) is 34.5. The van der Waals surface area contributed by atoms with E-state index < -0.39 is 18.5 Å². The lowest BCUT2D eigenvalue weighted by atomic mass is 10.1. The maximum Gasteiger partial charge on any atom is 0.344 e. The number of carbonyl (C=O) groups excluding carboxylic acids is 3. The molecule has 7 heteroatoms. The molecule has 0 aliphatic carbocycles. The molecule has 130 valence electrons. The first kappa shape index (κ1) is 18.5. The summed E-state index contributed by atoms with van der Waals surface area (Å²) in [5.74, 6) is -0.753. The largest absolute Gasteiger partial charge is 0.482 e. The summed E-state index contributed by atoms with van der Waals surface area (Å²) < 4.78 is 10.0. The minimum Gasteiger partial charge on any atom is -0.482 e. The van der Waals surface area contributed by atoms with E-state index >= 15 is 0 Å². The first-order valence-electron chi connectivity index (χ1n) is 7.39. The molecule has 0 radical (unpaired) electrons. The SMILES string of the molecule is CC(=O)c1ccc(NC(=O)COC(=O)COc2ccc(Cl)cc2)cc1. The highest BCUT2D eigenvalue weighted by Crippen LogP contribution is 2.15. The molecule has 0 unspecified atom stereocenters. The molecule has 0 bridgehead atoms. The number of carbonyl (C=O) groups is 3. The number of nitrogens with one attached hydrogen (secondary N) is 1. The van der Waals surface area contributed by atoms with Crippen molar-refractivity contribution >= 4 is 34.9 Å². The van der Waals surface area contributed by atoms with Gasteiger partial charge < -0.3 is 14.8 Å². The van der Waals surface area contributed by atoms with Crippen LogP contribution in [0.4, 0.5) is 5.69 Å². The van der Waals surface area contributed by atoms with Crippen LogP contribution in [0.15, 0.2) is 48.5 Å². The van der Waals surface area contributed by atoms with Gasteiger partial charge in [0.1, 0.15) is 5.75 Å². The minimum atomic E-state index is -0.669. The molecule has 1 N–H and O–H groups in total. The predicted molar refractivity (Wildman–Crippen MR) is 93.0 cm³/mol. The Morgan fingerprint density at radius 2 is 1.60 bits per heavy atom. The number of ketones is 1. The van der Waals surface area contributed by atoms with Crippen LogP contribution in [0.3, 0.4) is 0 Å². The van der Waals surface area contributed by atoms with Crippen LogP contribution in [0, 0.1) is 0 Å². The summed E-state index contributed by atoms with van der Waals surface area (Å²) >= 11 is 5.74. The van der Waals surface area contributed by atoms with Crippen LogP contribution in [0.2, 0.25) is 5.02 Å². The van der Waals surface area contributed by atoms with Crippen molar-refractivity contribution in [1.82, 2.24) is 0 Å². The summed E-state index contributed by atoms with van der Waals surface area (Å²) in [5, 5.41) is 3.12. The molecule has 0 aliphatic rings. The Balaban J connectivity index is 1.72. The van der Waals surface area contributed by atoms with Gasteiger partial charge in [0.15, 0.2) is 19.0 Å². The Labute approximate surface area is 149 Å². The van der Waals surface area contributed by atoms with Crippen LogP contribution in [-0.2, 0) is 14.3 Å². The third-order valence-corrected chi connectivity index (χ3v) is 3.36. The number of halogens is 1. The highest BCUT2D eigenvalue weighted by Gasteiger charge is 2.09. The molecule has 2 aromatic rings. The van der Waals surface area contributed by atoms with Crippen molar-refractivity contribution in [2.24, 2.45) is 0 Å². The van der Waals surface area contributed by atoms with Crippen molar-refractivity contribution in [2.75, 3.05) is 18.5 Å². The third kappa shape index (κ3) is 6.27. The van der Waals surface area contributed by atoms with Gasteiger partial charge >= 0.3 is 5.97 Å². The molecular formula is C18H16ClNO5. The van der Waals surface area contributed by atoms with Crippen molar-refractivity contribution in [2.45, 2.75) is 6.92 Å². The highest BCUT2D eigenvalue weighted by atomic mass is 35.5. The van der Waals surface area contributed by atoms with Crippen molar-refractivity contribution < 1.29 is 23.9 Å². The predicted octanol–water partition coefficient (Wildman–Crippen LogP) is 3.10. The monoisotopic (exact) mass is 361 g/mol. The van der Waals surface area contributed by atoms with E-state index in [1.54, 1.807) is 48.5 Å². The molecule has 0 spiro atoms. The number of benzene rings is 2. The average molecular weight is 362 g/mol. The number of hydrogen-bond donors (Lipinski definition) is 1. The van der Waals surface area contributed by atoms with Gasteiger partial charge in [-0.05, 0) is 55.5 Å². The minimum absolute atomic E-state index is 0.0625. The Morgan fingerprint density at radius 3 is 2.20 bits per heavy atom. The number of anilines is 1. The molecule has 1 amide bonds. The molecule has 6 nitrogen and oxygen atoms in total. The quantitative estimate of drug-likeness (QED) is 0.605. The lowest BCUT2D eigenvalue weighted by molar-refractivity contribution is -0.149. The number of amides is 1. The molecule has 0 aliphatic heterocycles. The Hall–Kier alpha value is -2.86. The van der Waals surface area contributed by atoms with Gasteiger partial charge in [0.05, 0.1) is 0 Å². The molecule has 0 saturated carbocycles. The zero-order valence-electron chi connectivity index (χ0n) is 13.5. The molecule has 25 heavy (non-hydrogen) atoms. The van der Waals surface area contributed by atoms with E-state index in [-0.39, 0.29) is 12.4 Å². The van der Waals surface area contributed by atoms with Gasteiger partial charge in [0, 0.05) is 16.3 Å². The molecule has 0 heterocycles. The number of esters is 1. The van der Waals surface area contributed by atoms with Gasteiger partial charge in [-0.3, -0.25) is 9.59 Å². The molecular weight excluding hydrogens is 346 g/mol. The van der Waals surface area contributed by atoms with E-state index in [9.17, 15) is 14.4 Å². The smallest absolute Gasteiger partial charge is 0.344 e. The van der Waals surface area contributed by atoms with E-state index in [0.717, 1.165) is 0 Å². The van der Waals surface area contributed by atoms with Crippen LogP contribution < -0.4 is 10.1 Å².